The van der Waals surface area contributed by atoms with Gasteiger partial charge in [0.25, 0.3) is 5.56 Å². The highest BCUT2D eigenvalue weighted by molar-refractivity contribution is 7.99. The van der Waals surface area contributed by atoms with Crippen molar-refractivity contribution in [2.24, 2.45) is 7.05 Å². The number of fused-ring (bicyclic) bond motifs is 1. The molecule has 0 atom stereocenters. The molecule has 1 aromatic heterocycles. The van der Waals surface area contributed by atoms with Gasteiger partial charge in [-0.05, 0) is 6.07 Å². The number of aliphatic carboxylic acids is 1. The summed E-state index contributed by atoms with van der Waals surface area (Å²) >= 11 is 0.988. The quantitative estimate of drug-likeness (QED) is 0.654. The van der Waals surface area contributed by atoms with Gasteiger partial charge >= 0.3 is 5.97 Å². The van der Waals surface area contributed by atoms with E-state index in [1.807, 2.05) is 0 Å². The van der Waals surface area contributed by atoms with Crippen molar-refractivity contribution in [2.45, 2.75) is 5.16 Å². The molecule has 0 aliphatic heterocycles. The van der Waals surface area contributed by atoms with Crippen LogP contribution in [0, 0.1) is 0 Å². The predicted octanol–water partition coefficient (Wildman–Crippen LogP) is 1.13. The largest absolute Gasteiger partial charge is 0.493 e. The summed E-state index contributed by atoms with van der Waals surface area (Å²) in [5, 5.41) is 9.45. The van der Waals surface area contributed by atoms with Crippen LogP contribution in [0.4, 0.5) is 0 Å². The summed E-state index contributed by atoms with van der Waals surface area (Å²) in [7, 11) is 4.53. The van der Waals surface area contributed by atoms with Gasteiger partial charge in [-0.25, -0.2) is 4.98 Å². The van der Waals surface area contributed by atoms with Crippen LogP contribution in [-0.2, 0) is 11.8 Å². The molecule has 8 heteroatoms. The van der Waals surface area contributed by atoms with E-state index in [9.17, 15) is 9.59 Å². The minimum atomic E-state index is -0.971. The van der Waals surface area contributed by atoms with Gasteiger partial charge < -0.3 is 14.6 Å². The first-order valence-corrected chi connectivity index (χ1v) is 6.93. The molecule has 2 aromatic rings. The second-order valence-electron chi connectivity index (χ2n) is 4.17. The average molecular weight is 310 g/mol. The van der Waals surface area contributed by atoms with Crippen LogP contribution in [0.3, 0.4) is 0 Å². The van der Waals surface area contributed by atoms with Crippen LogP contribution in [0.5, 0.6) is 11.5 Å². The first kappa shape index (κ1) is 15.2. The highest BCUT2D eigenvalue weighted by Gasteiger charge is 2.14. The fraction of sp³-hybridized carbons (Fsp3) is 0.308. The van der Waals surface area contributed by atoms with Gasteiger partial charge in [-0.15, -0.1) is 0 Å². The number of carbonyl (C=O) groups is 1. The molecular formula is C13H14N2O5S. The Labute approximate surface area is 124 Å². The van der Waals surface area contributed by atoms with Crippen molar-refractivity contribution in [2.75, 3.05) is 20.0 Å². The van der Waals surface area contributed by atoms with E-state index in [4.69, 9.17) is 14.6 Å². The third-order valence-corrected chi connectivity index (χ3v) is 3.88. The SMILES string of the molecule is COc1cc2nc(SCC(=O)O)n(C)c(=O)c2cc1OC. The molecule has 0 bridgehead atoms. The van der Waals surface area contributed by atoms with Crippen LogP contribution in [-0.4, -0.2) is 40.6 Å². The molecule has 0 aliphatic rings. The monoisotopic (exact) mass is 310 g/mol. The van der Waals surface area contributed by atoms with Gasteiger partial charge in [0, 0.05) is 13.1 Å². The minimum absolute atomic E-state index is 0.168. The van der Waals surface area contributed by atoms with Crippen molar-refractivity contribution >= 4 is 28.6 Å². The van der Waals surface area contributed by atoms with Crippen molar-refractivity contribution in [1.82, 2.24) is 9.55 Å². The van der Waals surface area contributed by atoms with Gasteiger partial charge in [0.1, 0.15) is 0 Å². The number of carboxylic acids is 1. The Morgan fingerprint density at radius 1 is 1.33 bits per heavy atom. The van der Waals surface area contributed by atoms with Crippen molar-refractivity contribution in [1.29, 1.82) is 0 Å². The number of nitrogens with zero attached hydrogens (tertiary/aromatic N) is 2. The van der Waals surface area contributed by atoms with E-state index in [-0.39, 0.29) is 11.3 Å². The number of thioether (sulfide) groups is 1. The van der Waals surface area contributed by atoms with Gasteiger partial charge in [0.15, 0.2) is 16.7 Å². The minimum Gasteiger partial charge on any atom is -0.493 e. The van der Waals surface area contributed by atoms with E-state index in [1.54, 1.807) is 19.2 Å². The zero-order valence-corrected chi connectivity index (χ0v) is 12.6. The maximum absolute atomic E-state index is 12.3. The van der Waals surface area contributed by atoms with Gasteiger partial charge in [0.05, 0.1) is 30.9 Å². The second-order valence-corrected chi connectivity index (χ2v) is 5.11. The van der Waals surface area contributed by atoms with Crippen LogP contribution >= 0.6 is 11.8 Å². The maximum Gasteiger partial charge on any atom is 0.313 e. The van der Waals surface area contributed by atoms with E-state index >= 15 is 0 Å². The van der Waals surface area contributed by atoms with E-state index in [2.05, 4.69) is 4.98 Å². The fourth-order valence-corrected chi connectivity index (χ4v) is 2.53. The Kier molecular flexibility index (Phi) is 4.37. The average Bonchev–Trinajstić information content (AvgIpc) is 2.48. The van der Waals surface area contributed by atoms with Crippen LogP contribution in [0.15, 0.2) is 22.1 Å². The molecule has 0 spiro atoms. The molecule has 112 valence electrons. The van der Waals surface area contributed by atoms with Crippen LogP contribution < -0.4 is 15.0 Å². The Hall–Kier alpha value is -2.22. The number of rotatable bonds is 5. The van der Waals surface area contributed by atoms with E-state index < -0.39 is 5.97 Å². The van der Waals surface area contributed by atoms with Crippen molar-refractivity contribution in [3.63, 3.8) is 0 Å². The number of aromatic nitrogens is 2. The Balaban J connectivity index is 2.63. The molecule has 0 radical (unpaired) electrons. The Bertz CT molecular complexity index is 756. The zero-order chi connectivity index (χ0) is 15.6. The van der Waals surface area contributed by atoms with E-state index in [0.717, 1.165) is 11.8 Å². The summed E-state index contributed by atoms with van der Waals surface area (Å²) in [6.07, 6.45) is 0. The summed E-state index contributed by atoms with van der Waals surface area (Å²) < 4.78 is 11.7. The molecule has 1 heterocycles. The molecule has 0 amide bonds. The normalized spacial score (nSPS) is 10.6. The summed E-state index contributed by atoms with van der Waals surface area (Å²) in [5.41, 5.74) is 0.164. The lowest BCUT2D eigenvalue weighted by Crippen LogP contribution is -2.20. The Morgan fingerprint density at radius 3 is 2.52 bits per heavy atom. The first-order valence-electron chi connectivity index (χ1n) is 5.95. The van der Waals surface area contributed by atoms with Crippen molar-refractivity contribution < 1.29 is 19.4 Å². The standard InChI is InChI=1S/C13H14N2O5S/c1-15-12(18)7-4-9(19-2)10(20-3)5-8(7)14-13(15)21-6-11(16)17/h4-5H,6H2,1-3H3,(H,16,17). The number of benzene rings is 1. The molecule has 0 aliphatic carbocycles. The highest BCUT2D eigenvalue weighted by atomic mass is 32.2. The maximum atomic E-state index is 12.3. The number of methoxy groups -OCH3 is 2. The van der Waals surface area contributed by atoms with E-state index in [0.29, 0.717) is 27.6 Å². The van der Waals surface area contributed by atoms with Gasteiger partial charge in [0.2, 0.25) is 0 Å². The number of hydrogen-bond donors (Lipinski definition) is 1. The lowest BCUT2D eigenvalue weighted by Gasteiger charge is -2.11. The molecule has 2 rings (SSSR count). The third-order valence-electron chi connectivity index (χ3n) is 2.86. The topological polar surface area (TPSA) is 90.6 Å². The van der Waals surface area contributed by atoms with Crippen LogP contribution in [0.1, 0.15) is 0 Å². The smallest absolute Gasteiger partial charge is 0.313 e. The molecule has 0 unspecified atom stereocenters. The fourth-order valence-electron chi connectivity index (χ4n) is 1.83. The lowest BCUT2D eigenvalue weighted by atomic mass is 10.2. The molecule has 0 fully saturated rings. The van der Waals surface area contributed by atoms with Gasteiger partial charge in [-0.1, -0.05) is 11.8 Å². The lowest BCUT2D eigenvalue weighted by molar-refractivity contribution is -0.133. The highest BCUT2D eigenvalue weighted by Crippen LogP contribution is 2.30. The van der Waals surface area contributed by atoms with Crippen LogP contribution in [0.25, 0.3) is 10.9 Å². The second kappa shape index (κ2) is 6.04. The summed E-state index contributed by atoms with van der Waals surface area (Å²) in [4.78, 5) is 27.3. The van der Waals surface area contributed by atoms with E-state index in [1.165, 1.54) is 18.8 Å². The number of hydrogen-bond acceptors (Lipinski definition) is 6. The predicted molar refractivity (Wildman–Crippen MR) is 78.4 cm³/mol. The Morgan fingerprint density at radius 2 is 1.95 bits per heavy atom. The molecule has 0 saturated heterocycles. The number of carboxylic acid groups (broad SMARTS) is 1. The number of ether oxygens (including phenoxy) is 2. The molecule has 1 aromatic carbocycles. The van der Waals surface area contributed by atoms with Crippen molar-refractivity contribution in [3.8, 4) is 11.5 Å². The van der Waals surface area contributed by atoms with Gasteiger partial charge in [-0.2, -0.15) is 0 Å². The summed E-state index contributed by atoms with van der Waals surface area (Å²) in [6, 6.07) is 3.16. The molecule has 1 N–H and O–H groups in total. The van der Waals surface area contributed by atoms with Gasteiger partial charge in [-0.3, -0.25) is 14.2 Å². The summed E-state index contributed by atoms with van der Waals surface area (Å²) in [6.45, 7) is 0. The molecular weight excluding hydrogens is 296 g/mol. The first-order chi connectivity index (χ1) is 9.97. The molecule has 7 nitrogen and oxygen atoms in total. The zero-order valence-electron chi connectivity index (χ0n) is 11.7. The van der Waals surface area contributed by atoms with Crippen molar-refractivity contribution in [3.05, 3.63) is 22.5 Å². The van der Waals surface area contributed by atoms with Crippen LogP contribution in [0.2, 0.25) is 0 Å². The molecule has 21 heavy (non-hydrogen) atoms. The third kappa shape index (κ3) is 2.94. The molecule has 0 saturated carbocycles. The summed E-state index contributed by atoms with van der Waals surface area (Å²) in [5.74, 6) is -0.240.